The number of carbonyl (C=O) groups is 5. The van der Waals surface area contributed by atoms with Gasteiger partial charge in [-0.05, 0) is 49.9 Å². The van der Waals surface area contributed by atoms with Crippen molar-refractivity contribution >= 4 is 29.6 Å². The maximum Gasteiger partial charge on any atom is 0.405 e. The van der Waals surface area contributed by atoms with Gasteiger partial charge in [-0.3, -0.25) is 19.2 Å². The molecule has 2 unspecified atom stereocenters. The van der Waals surface area contributed by atoms with Crippen molar-refractivity contribution in [3.63, 3.8) is 0 Å². The first-order chi connectivity index (χ1) is 16.8. The highest BCUT2D eigenvalue weighted by molar-refractivity contribution is 6.38. The third-order valence-electron chi connectivity index (χ3n) is 6.68. The average Bonchev–Trinajstić information content (AvgIpc) is 3.55. The Kier molecular flexibility index (Phi) is 9.30. The molecule has 2 aliphatic rings. The van der Waals surface area contributed by atoms with Gasteiger partial charge in [0.25, 0.3) is 5.91 Å². The van der Waals surface area contributed by atoms with Crippen LogP contribution in [-0.4, -0.2) is 76.2 Å². The van der Waals surface area contributed by atoms with Crippen LogP contribution in [0.2, 0.25) is 0 Å². The van der Waals surface area contributed by atoms with E-state index in [9.17, 15) is 37.9 Å². The van der Waals surface area contributed by atoms with Gasteiger partial charge >= 0.3 is 6.09 Å². The molecular formula is C25H40F2N4O6. The third-order valence-corrected chi connectivity index (χ3v) is 6.68. The van der Waals surface area contributed by atoms with Crippen LogP contribution in [0.5, 0.6) is 0 Å². The molecule has 210 valence electrons. The standard InChI is InChI=1S/C25H40F2N4O6/c1-23(2,3)18(30-22(36)37)21(35)31-13-24(4,5)11-10-16(31)19(33)29-15(9-12-25(6,26)27)17(32)20(34)28-14-7-8-14/h14-16,18,30H,7-13H2,1-6H3,(H,28,34)(H,29,33)(H,36,37)/t15?,16-,18?/m0/s1. The number of rotatable bonds is 10. The second-order valence-electron chi connectivity index (χ2n) is 12.2. The van der Waals surface area contributed by atoms with E-state index in [2.05, 4.69) is 16.0 Å². The quantitative estimate of drug-likeness (QED) is 0.319. The van der Waals surface area contributed by atoms with E-state index in [4.69, 9.17) is 0 Å². The lowest BCUT2D eigenvalue weighted by Crippen LogP contribution is -2.63. The van der Waals surface area contributed by atoms with Crippen molar-refractivity contribution in [3.8, 4) is 0 Å². The molecule has 2 rings (SSSR count). The molecule has 1 saturated heterocycles. The monoisotopic (exact) mass is 530 g/mol. The van der Waals surface area contributed by atoms with Crippen molar-refractivity contribution in [2.45, 2.75) is 110 Å². The fraction of sp³-hybridized carbons (Fsp3) is 0.800. The molecule has 0 radical (unpaired) electrons. The van der Waals surface area contributed by atoms with E-state index in [-0.39, 0.29) is 24.4 Å². The summed E-state index contributed by atoms with van der Waals surface area (Å²) in [6.07, 6.45) is -0.366. The molecule has 1 saturated carbocycles. The van der Waals surface area contributed by atoms with Crippen LogP contribution >= 0.6 is 0 Å². The summed E-state index contributed by atoms with van der Waals surface area (Å²) in [7, 11) is 0. The maximum absolute atomic E-state index is 13.6. The molecule has 12 heteroatoms. The van der Waals surface area contributed by atoms with Gasteiger partial charge in [0.2, 0.25) is 23.5 Å². The number of alkyl halides is 2. The fourth-order valence-electron chi connectivity index (χ4n) is 4.35. The summed E-state index contributed by atoms with van der Waals surface area (Å²) in [6.45, 7) is 9.72. The number of nitrogens with zero attached hydrogens (tertiary/aromatic N) is 1. The van der Waals surface area contributed by atoms with Gasteiger partial charge in [0.1, 0.15) is 12.1 Å². The zero-order valence-corrected chi connectivity index (χ0v) is 22.5. The maximum atomic E-state index is 13.6. The van der Waals surface area contributed by atoms with E-state index >= 15 is 0 Å². The normalized spacial score (nSPS) is 21.4. The molecule has 0 aromatic rings. The largest absolute Gasteiger partial charge is 0.465 e. The van der Waals surface area contributed by atoms with Crippen LogP contribution in [-0.2, 0) is 19.2 Å². The number of hydrogen-bond donors (Lipinski definition) is 4. The minimum atomic E-state index is -3.12. The van der Waals surface area contributed by atoms with Gasteiger partial charge in [0.15, 0.2) is 0 Å². The second-order valence-corrected chi connectivity index (χ2v) is 12.2. The molecule has 3 atom stereocenters. The summed E-state index contributed by atoms with van der Waals surface area (Å²) >= 11 is 0. The Morgan fingerprint density at radius 3 is 2.11 bits per heavy atom. The number of likely N-dealkylation sites (tertiary alicyclic amines) is 1. The summed E-state index contributed by atoms with van der Waals surface area (Å²) in [6, 6.07) is -3.84. The summed E-state index contributed by atoms with van der Waals surface area (Å²) < 4.78 is 27.2. The number of amides is 4. The Morgan fingerprint density at radius 1 is 1.03 bits per heavy atom. The number of nitrogens with one attached hydrogen (secondary N) is 3. The minimum absolute atomic E-state index is 0.134. The van der Waals surface area contributed by atoms with E-state index in [1.165, 1.54) is 4.90 Å². The first-order valence-corrected chi connectivity index (χ1v) is 12.6. The Balaban J connectivity index is 2.30. The molecule has 37 heavy (non-hydrogen) atoms. The minimum Gasteiger partial charge on any atom is -0.465 e. The number of halogens is 2. The van der Waals surface area contributed by atoms with E-state index in [0.717, 1.165) is 12.8 Å². The summed E-state index contributed by atoms with van der Waals surface area (Å²) in [5.74, 6) is -6.42. The lowest BCUT2D eigenvalue weighted by Gasteiger charge is -2.45. The number of carboxylic acid groups (broad SMARTS) is 1. The van der Waals surface area contributed by atoms with Crippen LogP contribution in [0.4, 0.5) is 13.6 Å². The van der Waals surface area contributed by atoms with Crippen LogP contribution in [0.1, 0.15) is 80.1 Å². The molecule has 10 nitrogen and oxygen atoms in total. The van der Waals surface area contributed by atoms with Crippen LogP contribution in [0.25, 0.3) is 0 Å². The molecule has 0 bridgehead atoms. The highest BCUT2D eigenvalue weighted by Crippen LogP contribution is 2.34. The van der Waals surface area contributed by atoms with Crippen molar-refractivity contribution in [2.24, 2.45) is 10.8 Å². The van der Waals surface area contributed by atoms with Crippen LogP contribution < -0.4 is 16.0 Å². The van der Waals surface area contributed by atoms with Crippen LogP contribution in [0.15, 0.2) is 0 Å². The van der Waals surface area contributed by atoms with Crippen LogP contribution in [0, 0.1) is 10.8 Å². The van der Waals surface area contributed by atoms with Crippen molar-refractivity contribution in [3.05, 3.63) is 0 Å². The van der Waals surface area contributed by atoms with Gasteiger partial charge in [-0.1, -0.05) is 34.6 Å². The second kappa shape index (κ2) is 11.3. The number of Topliss-reactive ketones (excluding diaryl/α,β-unsaturated/α-hetero) is 1. The molecule has 4 amide bonds. The molecule has 4 N–H and O–H groups in total. The molecule has 0 spiro atoms. The number of piperidine rings is 1. The van der Waals surface area contributed by atoms with Crippen molar-refractivity contribution < 1.29 is 37.9 Å². The number of carbonyl (C=O) groups excluding carboxylic acids is 4. The van der Waals surface area contributed by atoms with Crippen molar-refractivity contribution in [1.29, 1.82) is 0 Å². The van der Waals surface area contributed by atoms with E-state index in [0.29, 0.717) is 13.3 Å². The van der Waals surface area contributed by atoms with Gasteiger partial charge in [-0.15, -0.1) is 0 Å². The highest BCUT2D eigenvalue weighted by atomic mass is 19.3. The Morgan fingerprint density at radius 2 is 1.62 bits per heavy atom. The summed E-state index contributed by atoms with van der Waals surface area (Å²) in [5, 5.41) is 16.5. The topological polar surface area (TPSA) is 145 Å². The van der Waals surface area contributed by atoms with Crippen LogP contribution in [0.3, 0.4) is 0 Å². The summed E-state index contributed by atoms with van der Waals surface area (Å²) in [5.41, 5.74) is -1.19. The molecule has 1 aliphatic heterocycles. The predicted molar refractivity (Wildman–Crippen MR) is 131 cm³/mol. The lowest BCUT2D eigenvalue weighted by molar-refractivity contribution is -0.150. The Bertz CT molecular complexity index is 908. The highest BCUT2D eigenvalue weighted by Gasteiger charge is 2.45. The smallest absolute Gasteiger partial charge is 0.405 e. The zero-order chi connectivity index (χ0) is 28.3. The zero-order valence-electron chi connectivity index (χ0n) is 22.5. The molecule has 0 aromatic carbocycles. The molecule has 0 aromatic heterocycles. The first-order valence-electron chi connectivity index (χ1n) is 12.6. The van der Waals surface area contributed by atoms with E-state index in [1.807, 2.05) is 13.8 Å². The van der Waals surface area contributed by atoms with Crippen molar-refractivity contribution in [2.75, 3.05) is 6.54 Å². The van der Waals surface area contributed by atoms with E-state index < -0.39 is 71.9 Å². The average molecular weight is 531 g/mol. The summed E-state index contributed by atoms with van der Waals surface area (Å²) in [4.78, 5) is 64.8. The van der Waals surface area contributed by atoms with Gasteiger partial charge in [0, 0.05) is 19.0 Å². The van der Waals surface area contributed by atoms with Gasteiger partial charge in [-0.2, -0.15) is 0 Å². The van der Waals surface area contributed by atoms with Gasteiger partial charge in [0.05, 0.1) is 6.04 Å². The Hall–Kier alpha value is -2.79. The SMILES string of the molecule is CC(F)(F)CCC(NC(=O)[C@@H]1CCC(C)(C)CN1C(=O)C(NC(=O)O)C(C)(C)C)C(=O)C(=O)NC1CC1. The van der Waals surface area contributed by atoms with E-state index in [1.54, 1.807) is 20.8 Å². The fourth-order valence-corrected chi connectivity index (χ4v) is 4.35. The van der Waals surface area contributed by atoms with Gasteiger partial charge < -0.3 is 26.0 Å². The molecule has 1 aliphatic carbocycles. The first kappa shape index (κ1) is 30.4. The Labute approximate surface area is 216 Å². The third kappa shape index (κ3) is 9.23. The van der Waals surface area contributed by atoms with Crippen molar-refractivity contribution in [1.82, 2.24) is 20.9 Å². The number of hydrogen-bond acceptors (Lipinski definition) is 5. The van der Waals surface area contributed by atoms with Gasteiger partial charge in [-0.25, -0.2) is 13.6 Å². The number of ketones is 1. The predicted octanol–water partition coefficient (Wildman–Crippen LogP) is 2.45. The lowest BCUT2D eigenvalue weighted by atomic mass is 9.79. The molecule has 2 fully saturated rings. The molecular weight excluding hydrogens is 490 g/mol. The molecule has 1 heterocycles.